The summed E-state index contributed by atoms with van der Waals surface area (Å²) in [7, 11) is 1.61. The lowest BCUT2D eigenvalue weighted by Gasteiger charge is -2.05. The summed E-state index contributed by atoms with van der Waals surface area (Å²) in [6.45, 7) is 0. The van der Waals surface area contributed by atoms with Gasteiger partial charge in [-0.15, -0.1) is 0 Å². The van der Waals surface area contributed by atoms with E-state index in [1.165, 1.54) is 0 Å². The summed E-state index contributed by atoms with van der Waals surface area (Å²) >= 11 is 6.01. The Hall–Kier alpha value is -2.26. The first-order valence-electron chi connectivity index (χ1n) is 6.15. The number of fused-ring (bicyclic) bond motifs is 1. The molecule has 1 aliphatic heterocycles. The molecular formula is C16H12ClNO2. The third-order valence-corrected chi connectivity index (χ3v) is 3.44. The highest BCUT2D eigenvalue weighted by Gasteiger charge is 2.24. The maximum atomic E-state index is 12.1. The molecule has 0 radical (unpaired) electrons. The molecule has 1 aliphatic rings. The molecular weight excluding hydrogens is 274 g/mol. The van der Waals surface area contributed by atoms with Gasteiger partial charge >= 0.3 is 0 Å². The summed E-state index contributed by atoms with van der Waals surface area (Å²) in [5, 5.41) is 3.43. The molecule has 1 N–H and O–H groups in total. The van der Waals surface area contributed by atoms with E-state index in [-0.39, 0.29) is 5.91 Å². The van der Waals surface area contributed by atoms with Gasteiger partial charge in [0.05, 0.1) is 7.11 Å². The lowest BCUT2D eigenvalue weighted by atomic mass is 10.0. The zero-order valence-corrected chi connectivity index (χ0v) is 11.6. The van der Waals surface area contributed by atoms with Crippen LogP contribution in [0.3, 0.4) is 0 Å². The number of carbonyl (C=O) groups is 1. The fourth-order valence-corrected chi connectivity index (χ4v) is 2.42. The van der Waals surface area contributed by atoms with E-state index < -0.39 is 0 Å². The van der Waals surface area contributed by atoms with Crippen molar-refractivity contribution in [3.05, 3.63) is 58.6 Å². The van der Waals surface area contributed by atoms with E-state index in [4.69, 9.17) is 16.3 Å². The molecule has 2 aromatic rings. The van der Waals surface area contributed by atoms with Gasteiger partial charge in [0.1, 0.15) is 5.75 Å². The molecule has 3 nitrogen and oxygen atoms in total. The summed E-state index contributed by atoms with van der Waals surface area (Å²) in [5.41, 5.74) is 3.04. The standard InChI is InChI=1S/C16H12ClNO2/c1-20-15-5-3-2-4-10(15)8-13-12-9-11(17)6-7-14(12)18-16(13)19/h2-9H,1H3,(H,18,19)/b13-8-. The van der Waals surface area contributed by atoms with Gasteiger partial charge in [-0.05, 0) is 30.3 Å². The molecule has 0 atom stereocenters. The number of benzene rings is 2. The minimum Gasteiger partial charge on any atom is -0.496 e. The fourth-order valence-electron chi connectivity index (χ4n) is 2.24. The maximum Gasteiger partial charge on any atom is 0.256 e. The quantitative estimate of drug-likeness (QED) is 0.851. The van der Waals surface area contributed by atoms with Gasteiger partial charge in [0, 0.05) is 27.4 Å². The molecule has 1 amide bonds. The number of methoxy groups -OCH3 is 1. The predicted octanol–water partition coefficient (Wildman–Crippen LogP) is 3.84. The highest BCUT2D eigenvalue weighted by Crippen LogP contribution is 2.36. The zero-order valence-electron chi connectivity index (χ0n) is 10.8. The van der Waals surface area contributed by atoms with Crippen molar-refractivity contribution in [3.63, 3.8) is 0 Å². The van der Waals surface area contributed by atoms with Gasteiger partial charge in [0.2, 0.25) is 0 Å². The number of ether oxygens (including phenoxy) is 1. The maximum absolute atomic E-state index is 12.1. The molecule has 0 spiro atoms. The zero-order chi connectivity index (χ0) is 14.1. The Morgan fingerprint density at radius 1 is 1.20 bits per heavy atom. The second-order valence-corrected chi connectivity index (χ2v) is 4.88. The number of hydrogen-bond acceptors (Lipinski definition) is 2. The summed E-state index contributed by atoms with van der Waals surface area (Å²) in [4.78, 5) is 12.1. The van der Waals surface area contributed by atoms with Gasteiger partial charge in [0.25, 0.3) is 5.91 Å². The lowest BCUT2D eigenvalue weighted by Crippen LogP contribution is -2.03. The van der Waals surface area contributed by atoms with Crippen molar-refractivity contribution in [1.29, 1.82) is 0 Å². The Kier molecular flexibility index (Phi) is 3.20. The average molecular weight is 286 g/mol. The third-order valence-electron chi connectivity index (χ3n) is 3.20. The van der Waals surface area contributed by atoms with Crippen LogP contribution < -0.4 is 10.1 Å². The van der Waals surface area contributed by atoms with E-state index in [0.717, 1.165) is 22.6 Å². The van der Waals surface area contributed by atoms with Crippen LogP contribution in [-0.4, -0.2) is 13.0 Å². The van der Waals surface area contributed by atoms with E-state index in [9.17, 15) is 4.79 Å². The number of para-hydroxylation sites is 1. The first-order chi connectivity index (χ1) is 9.69. The van der Waals surface area contributed by atoms with Crippen LogP contribution in [0.4, 0.5) is 5.69 Å². The van der Waals surface area contributed by atoms with Crippen LogP contribution in [0.5, 0.6) is 5.75 Å². The molecule has 2 aromatic carbocycles. The van der Waals surface area contributed by atoms with Crippen LogP contribution in [0.15, 0.2) is 42.5 Å². The van der Waals surface area contributed by atoms with E-state index in [2.05, 4.69) is 5.32 Å². The van der Waals surface area contributed by atoms with E-state index in [1.54, 1.807) is 25.3 Å². The van der Waals surface area contributed by atoms with Gasteiger partial charge in [-0.1, -0.05) is 29.8 Å². The minimum absolute atomic E-state index is 0.131. The largest absolute Gasteiger partial charge is 0.496 e. The number of rotatable bonds is 2. The number of anilines is 1. The summed E-state index contributed by atoms with van der Waals surface area (Å²) in [5.74, 6) is 0.594. The van der Waals surface area contributed by atoms with Gasteiger partial charge in [-0.25, -0.2) is 0 Å². The van der Waals surface area contributed by atoms with Crippen LogP contribution in [0.25, 0.3) is 11.6 Å². The monoisotopic (exact) mass is 285 g/mol. The normalized spacial score (nSPS) is 15.1. The number of halogens is 1. The van der Waals surface area contributed by atoms with Crippen molar-refractivity contribution >= 4 is 34.8 Å². The van der Waals surface area contributed by atoms with Crippen LogP contribution in [-0.2, 0) is 4.79 Å². The summed E-state index contributed by atoms with van der Waals surface area (Å²) in [6, 6.07) is 12.9. The molecule has 0 unspecified atom stereocenters. The number of amides is 1. The molecule has 4 heteroatoms. The second kappa shape index (κ2) is 5.02. The number of carbonyl (C=O) groups excluding carboxylic acids is 1. The Balaban J connectivity index is 2.13. The molecule has 0 saturated heterocycles. The van der Waals surface area contributed by atoms with Crippen molar-refractivity contribution in [2.24, 2.45) is 0 Å². The average Bonchev–Trinajstić information content (AvgIpc) is 2.76. The van der Waals surface area contributed by atoms with Crippen molar-refractivity contribution in [2.75, 3.05) is 12.4 Å². The van der Waals surface area contributed by atoms with Crippen molar-refractivity contribution in [3.8, 4) is 5.75 Å². The Labute approximate surface area is 121 Å². The predicted molar refractivity (Wildman–Crippen MR) is 80.9 cm³/mol. The number of hydrogen-bond donors (Lipinski definition) is 1. The number of nitrogens with one attached hydrogen (secondary N) is 1. The van der Waals surface area contributed by atoms with Crippen LogP contribution in [0.1, 0.15) is 11.1 Å². The fraction of sp³-hybridized carbons (Fsp3) is 0.0625. The molecule has 0 aromatic heterocycles. The van der Waals surface area contributed by atoms with Gasteiger partial charge < -0.3 is 10.1 Å². The van der Waals surface area contributed by atoms with Crippen LogP contribution in [0, 0.1) is 0 Å². The Morgan fingerprint density at radius 3 is 2.80 bits per heavy atom. The molecule has 0 bridgehead atoms. The molecule has 1 heterocycles. The van der Waals surface area contributed by atoms with E-state index >= 15 is 0 Å². The summed E-state index contributed by atoms with van der Waals surface area (Å²) < 4.78 is 5.30. The topological polar surface area (TPSA) is 38.3 Å². The van der Waals surface area contributed by atoms with Gasteiger partial charge in [-0.2, -0.15) is 0 Å². The molecule has 20 heavy (non-hydrogen) atoms. The first-order valence-corrected chi connectivity index (χ1v) is 6.53. The van der Waals surface area contributed by atoms with Gasteiger partial charge in [-0.3, -0.25) is 4.79 Å². The smallest absolute Gasteiger partial charge is 0.256 e. The van der Waals surface area contributed by atoms with Gasteiger partial charge in [0.15, 0.2) is 0 Å². The molecule has 0 saturated carbocycles. The van der Waals surface area contributed by atoms with Crippen LogP contribution >= 0.6 is 11.6 Å². The molecule has 0 aliphatic carbocycles. The molecule has 100 valence electrons. The van der Waals surface area contributed by atoms with E-state index in [0.29, 0.717) is 10.6 Å². The highest BCUT2D eigenvalue weighted by molar-refractivity contribution is 6.36. The van der Waals surface area contributed by atoms with Crippen molar-refractivity contribution in [2.45, 2.75) is 0 Å². The highest BCUT2D eigenvalue weighted by atomic mass is 35.5. The molecule has 3 rings (SSSR count). The Morgan fingerprint density at radius 2 is 2.00 bits per heavy atom. The third kappa shape index (κ3) is 2.17. The lowest BCUT2D eigenvalue weighted by molar-refractivity contribution is -0.110. The van der Waals surface area contributed by atoms with Crippen LogP contribution in [0.2, 0.25) is 5.02 Å². The Bertz CT molecular complexity index is 722. The SMILES string of the molecule is COc1ccccc1/C=C1\C(=O)Nc2ccc(Cl)cc21. The van der Waals surface area contributed by atoms with E-state index in [1.807, 2.05) is 30.3 Å². The van der Waals surface area contributed by atoms with Crippen molar-refractivity contribution < 1.29 is 9.53 Å². The van der Waals surface area contributed by atoms with Crippen molar-refractivity contribution in [1.82, 2.24) is 0 Å². The second-order valence-electron chi connectivity index (χ2n) is 4.44. The first kappa shape index (κ1) is 12.8. The summed E-state index contributed by atoms with van der Waals surface area (Å²) in [6.07, 6.45) is 1.82. The molecule has 0 fully saturated rings. The minimum atomic E-state index is -0.131.